The van der Waals surface area contributed by atoms with Crippen LogP contribution < -0.4 is 10.2 Å². The van der Waals surface area contributed by atoms with Crippen molar-refractivity contribution in [2.45, 2.75) is 70.5 Å². The van der Waals surface area contributed by atoms with E-state index >= 15 is 0 Å². The predicted octanol–water partition coefficient (Wildman–Crippen LogP) is 7.65. The molecule has 1 N–H and O–H groups in total. The van der Waals surface area contributed by atoms with Crippen LogP contribution in [0.2, 0.25) is 25.7 Å². The minimum Gasteiger partial charge on any atom is -0.466 e. The molecule has 0 aliphatic heterocycles. The molecule has 4 rings (SSSR count). The zero-order valence-electron chi connectivity index (χ0n) is 23.8. The molecule has 0 unspecified atom stereocenters. The summed E-state index contributed by atoms with van der Waals surface area (Å²) in [5.41, 5.74) is 3.36. The van der Waals surface area contributed by atoms with Crippen LogP contribution in [0.1, 0.15) is 36.8 Å². The van der Waals surface area contributed by atoms with Gasteiger partial charge in [0.1, 0.15) is 11.4 Å². The molecule has 3 aromatic carbocycles. The van der Waals surface area contributed by atoms with Gasteiger partial charge in [-0.05, 0) is 55.0 Å². The van der Waals surface area contributed by atoms with Gasteiger partial charge in [0.2, 0.25) is 0 Å². The number of nitro groups is 1. The molecule has 40 heavy (non-hydrogen) atoms. The topological polar surface area (TPSA) is 84.7 Å². The zero-order valence-corrected chi connectivity index (χ0v) is 24.8. The minimum absolute atomic E-state index is 0.0664. The van der Waals surface area contributed by atoms with Gasteiger partial charge >= 0.3 is 11.7 Å². The fourth-order valence-corrected chi connectivity index (χ4v) is 5.91. The SMILES string of the molecule is C[Si](C)(C)CCOC(=O)C1CCC(Nc2cccc(N(Cc3ccccc3)Cc3ccccc3)c2[N+](=O)[O-])CC1. The molecule has 8 heteroatoms. The Morgan fingerprint density at radius 1 is 0.900 bits per heavy atom. The number of esters is 1. The van der Waals surface area contributed by atoms with Gasteiger partial charge in [0, 0.05) is 27.2 Å². The summed E-state index contributed by atoms with van der Waals surface area (Å²) >= 11 is 0. The number of rotatable bonds is 12. The largest absolute Gasteiger partial charge is 0.466 e. The molecule has 0 atom stereocenters. The van der Waals surface area contributed by atoms with E-state index < -0.39 is 8.07 Å². The lowest BCUT2D eigenvalue weighted by Crippen LogP contribution is -2.31. The molecule has 212 valence electrons. The monoisotopic (exact) mass is 559 g/mol. The molecule has 7 nitrogen and oxygen atoms in total. The first-order chi connectivity index (χ1) is 19.2. The van der Waals surface area contributed by atoms with Crippen LogP contribution in [0.25, 0.3) is 0 Å². The summed E-state index contributed by atoms with van der Waals surface area (Å²) in [6.07, 6.45) is 3.00. The number of para-hydroxylation sites is 1. The molecule has 1 fully saturated rings. The van der Waals surface area contributed by atoms with E-state index in [0.29, 0.717) is 31.1 Å². The predicted molar refractivity (Wildman–Crippen MR) is 164 cm³/mol. The summed E-state index contributed by atoms with van der Waals surface area (Å²) in [5, 5.41) is 15.9. The quantitative estimate of drug-likeness (QED) is 0.106. The minimum atomic E-state index is -1.25. The molecule has 1 saturated carbocycles. The summed E-state index contributed by atoms with van der Waals surface area (Å²) in [4.78, 5) is 26.9. The highest BCUT2D eigenvalue weighted by atomic mass is 28.3. The normalized spacial score (nSPS) is 17.2. The number of nitro benzene ring substituents is 1. The van der Waals surface area contributed by atoms with Gasteiger partial charge in [-0.25, -0.2) is 0 Å². The van der Waals surface area contributed by atoms with Gasteiger partial charge in [-0.15, -0.1) is 0 Å². The number of hydrogen-bond donors (Lipinski definition) is 1. The van der Waals surface area contributed by atoms with Crippen LogP contribution in [0.3, 0.4) is 0 Å². The maximum Gasteiger partial charge on any atom is 0.315 e. The lowest BCUT2D eigenvalue weighted by molar-refractivity contribution is -0.383. The average Bonchev–Trinajstić information content (AvgIpc) is 2.93. The Morgan fingerprint density at radius 3 is 2.00 bits per heavy atom. The Kier molecular flexibility index (Phi) is 9.98. The van der Waals surface area contributed by atoms with Crippen molar-refractivity contribution < 1.29 is 14.5 Å². The maximum atomic E-state index is 12.6. The molecule has 1 aliphatic carbocycles. The highest BCUT2D eigenvalue weighted by molar-refractivity contribution is 6.76. The van der Waals surface area contributed by atoms with Gasteiger partial charge in [0.15, 0.2) is 0 Å². The number of anilines is 2. The molecule has 0 spiro atoms. The van der Waals surface area contributed by atoms with Crippen LogP contribution in [0.4, 0.5) is 17.1 Å². The van der Waals surface area contributed by atoms with Crippen molar-refractivity contribution in [3.63, 3.8) is 0 Å². The fourth-order valence-electron chi connectivity index (χ4n) is 5.20. The number of nitrogens with one attached hydrogen (secondary N) is 1. The summed E-state index contributed by atoms with van der Waals surface area (Å²) in [7, 11) is -1.25. The van der Waals surface area contributed by atoms with Gasteiger partial charge in [-0.1, -0.05) is 86.4 Å². The number of carbonyl (C=O) groups is 1. The van der Waals surface area contributed by atoms with Crippen LogP contribution in [-0.2, 0) is 22.6 Å². The second-order valence-corrected chi connectivity index (χ2v) is 17.6. The summed E-state index contributed by atoms with van der Waals surface area (Å²) in [6.45, 7) is 8.42. The van der Waals surface area contributed by atoms with Crippen molar-refractivity contribution in [3.8, 4) is 0 Å². The van der Waals surface area contributed by atoms with Crippen molar-refractivity contribution in [3.05, 3.63) is 100 Å². The maximum absolute atomic E-state index is 12.6. The summed E-state index contributed by atoms with van der Waals surface area (Å²) < 4.78 is 5.58. The average molecular weight is 560 g/mol. The van der Waals surface area contributed by atoms with E-state index in [4.69, 9.17) is 4.74 Å². The van der Waals surface area contributed by atoms with Gasteiger partial charge in [0.25, 0.3) is 0 Å². The van der Waals surface area contributed by atoms with Crippen LogP contribution >= 0.6 is 0 Å². The second-order valence-electron chi connectivity index (χ2n) is 11.9. The van der Waals surface area contributed by atoms with Crippen LogP contribution in [0.5, 0.6) is 0 Å². The Morgan fingerprint density at radius 2 is 1.48 bits per heavy atom. The van der Waals surface area contributed by atoms with Crippen molar-refractivity contribution in [2.24, 2.45) is 5.92 Å². The van der Waals surface area contributed by atoms with Gasteiger partial charge in [0.05, 0.1) is 17.4 Å². The van der Waals surface area contributed by atoms with Gasteiger partial charge < -0.3 is 15.0 Å². The lowest BCUT2D eigenvalue weighted by Gasteiger charge is -2.30. The first-order valence-corrected chi connectivity index (χ1v) is 17.9. The second kappa shape index (κ2) is 13.6. The Labute approximate surface area is 238 Å². The molecule has 0 radical (unpaired) electrons. The molecular weight excluding hydrogens is 518 g/mol. The molecule has 0 amide bonds. The smallest absolute Gasteiger partial charge is 0.315 e. The molecule has 0 bridgehead atoms. The number of nitrogens with zero attached hydrogens (tertiary/aromatic N) is 2. The molecule has 0 saturated heterocycles. The van der Waals surface area contributed by atoms with Crippen molar-refractivity contribution in [2.75, 3.05) is 16.8 Å². The number of benzene rings is 3. The Hall–Kier alpha value is -3.65. The van der Waals surface area contributed by atoms with Crippen LogP contribution in [0.15, 0.2) is 78.9 Å². The number of hydrogen-bond acceptors (Lipinski definition) is 6. The number of ether oxygens (including phenoxy) is 1. The van der Waals surface area contributed by atoms with E-state index in [1.165, 1.54) is 0 Å². The summed E-state index contributed by atoms with van der Waals surface area (Å²) in [6, 6.07) is 26.6. The van der Waals surface area contributed by atoms with E-state index in [0.717, 1.165) is 42.9 Å². The van der Waals surface area contributed by atoms with Crippen molar-refractivity contribution >= 4 is 31.1 Å². The van der Waals surface area contributed by atoms with Crippen LogP contribution in [0, 0.1) is 16.0 Å². The first-order valence-electron chi connectivity index (χ1n) is 14.2. The van der Waals surface area contributed by atoms with E-state index in [1.54, 1.807) is 6.07 Å². The Balaban J connectivity index is 1.48. The van der Waals surface area contributed by atoms with Crippen molar-refractivity contribution in [1.29, 1.82) is 0 Å². The molecule has 3 aromatic rings. The van der Waals surface area contributed by atoms with E-state index in [9.17, 15) is 14.9 Å². The van der Waals surface area contributed by atoms with Crippen molar-refractivity contribution in [1.82, 2.24) is 0 Å². The number of carbonyl (C=O) groups excluding carboxylic acids is 1. The molecule has 0 aromatic heterocycles. The van der Waals surface area contributed by atoms with Crippen LogP contribution in [-0.4, -0.2) is 31.6 Å². The molecular formula is C32H41N3O4Si. The van der Waals surface area contributed by atoms with E-state index in [-0.39, 0.29) is 28.5 Å². The van der Waals surface area contributed by atoms with Gasteiger partial charge in [-0.2, -0.15) is 0 Å². The highest BCUT2D eigenvalue weighted by Crippen LogP contribution is 2.39. The van der Waals surface area contributed by atoms with E-state index in [1.807, 2.05) is 72.8 Å². The zero-order chi connectivity index (χ0) is 28.5. The Bertz CT molecular complexity index is 1210. The third-order valence-electron chi connectivity index (χ3n) is 7.49. The van der Waals surface area contributed by atoms with Gasteiger partial charge in [-0.3, -0.25) is 14.9 Å². The first kappa shape index (κ1) is 29.3. The highest BCUT2D eigenvalue weighted by Gasteiger charge is 2.30. The summed E-state index contributed by atoms with van der Waals surface area (Å²) in [5.74, 6) is -0.185. The molecule has 0 heterocycles. The standard InChI is InChI=1S/C32H41N3O4Si/c1-40(2,3)22-21-39-32(36)27-17-19-28(20-18-27)33-29-15-10-16-30(31(29)35(37)38)34(23-25-11-6-4-7-12-25)24-26-13-8-5-9-14-26/h4-16,27-28,33H,17-24H2,1-3H3. The lowest BCUT2D eigenvalue weighted by atomic mass is 9.86. The third-order valence-corrected chi connectivity index (χ3v) is 9.19. The fraction of sp³-hybridized carbons (Fsp3) is 0.406. The third kappa shape index (κ3) is 8.42. The molecule has 1 aliphatic rings. The van der Waals surface area contributed by atoms with E-state index in [2.05, 4.69) is 29.9 Å².